The van der Waals surface area contributed by atoms with Crippen molar-refractivity contribution in [1.29, 1.82) is 0 Å². The van der Waals surface area contributed by atoms with Crippen molar-refractivity contribution in [2.24, 2.45) is 0 Å². The number of amides is 2. The topological polar surface area (TPSA) is 58.6 Å². The Morgan fingerprint density at radius 1 is 1.26 bits per heavy atom. The van der Waals surface area contributed by atoms with Crippen molar-refractivity contribution in [3.05, 3.63) is 35.9 Å². The first-order chi connectivity index (χ1) is 11.2. The highest BCUT2D eigenvalue weighted by Crippen LogP contribution is 2.18. The van der Waals surface area contributed by atoms with E-state index < -0.39 is 0 Å². The van der Waals surface area contributed by atoms with E-state index in [2.05, 4.69) is 5.32 Å². The molecule has 0 bridgehead atoms. The van der Waals surface area contributed by atoms with E-state index in [1.165, 1.54) is 0 Å². The summed E-state index contributed by atoms with van der Waals surface area (Å²) in [6.07, 6.45) is 4.22. The average molecular weight is 316 g/mol. The van der Waals surface area contributed by atoms with E-state index in [1.54, 1.807) is 0 Å². The lowest BCUT2D eigenvalue weighted by atomic mass is 10.1. The minimum atomic E-state index is -0.365. The zero-order valence-electron chi connectivity index (χ0n) is 13.4. The van der Waals surface area contributed by atoms with Gasteiger partial charge in [0.1, 0.15) is 6.04 Å². The highest BCUT2D eigenvalue weighted by Gasteiger charge is 2.32. The predicted molar refractivity (Wildman–Crippen MR) is 86.6 cm³/mol. The first-order valence-electron chi connectivity index (χ1n) is 8.46. The second kappa shape index (κ2) is 7.59. The lowest BCUT2D eigenvalue weighted by Crippen LogP contribution is -2.41. The molecule has 1 aromatic rings. The molecule has 2 heterocycles. The van der Waals surface area contributed by atoms with Gasteiger partial charge in [0.15, 0.2) is 0 Å². The molecule has 3 rings (SSSR count). The van der Waals surface area contributed by atoms with Crippen molar-refractivity contribution in [2.75, 3.05) is 13.2 Å². The first kappa shape index (κ1) is 16.0. The van der Waals surface area contributed by atoms with Gasteiger partial charge in [-0.25, -0.2) is 0 Å². The van der Waals surface area contributed by atoms with Gasteiger partial charge in [-0.1, -0.05) is 30.3 Å². The van der Waals surface area contributed by atoms with Crippen LogP contribution in [0.4, 0.5) is 0 Å². The van der Waals surface area contributed by atoms with E-state index in [9.17, 15) is 9.59 Å². The zero-order valence-corrected chi connectivity index (χ0v) is 13.4. The number of nitrogens with one attached hydrogen (secondary N) is 1. The molecule has 0 spiro atoms. The number of nitrogens with zero attached hydrogens (tertiary/aromatic N) is 1. The minimum Gasteiger partial charge on any atom is -0.378 e. The monoisotopic (exact) mass is 316 g/mol. The Hall–Kier alpha value is -1.88. The van der Waals surface area contributed by atoms with Gasteiger partial charge in [-0.2, -0.15) is 0 Å². The maximum Gasteiger partial charge on any atom is 0.245 e. The van der Waals surface area contributed by atoms with Crippen LogP contribution in [0.25, 0.3) is 0 Å². The van der Waals surface area contributed by atoms with Gasteiger partial charge in [0.25, 0.3) is 0 Å². The van der Waals surface area contributed by atoms with Crippen molar-refractivity contribution in [2.45, 2.75) is 50.8 Å². The molecule has 0 aromatic heterocycles. The Kier molecular flexibility index (Phi) is 5.28. The van der Waals surface area contributed by atoms with Crippen LogP contribution in [-0.2, 0) is 20.9 Å². The lowest BCUT2D eigenvalue weighted by Gasteiger charge is -2.17. The van der Waals surface area contributed by atoms with Gasteiger partial charge in [0.05, 0.1) is 6.10 Å². The van der Waals surface area contributed by atoms with E-state index in [0.717, 1.165) is 31.4 Å². The smallest absolute Gasteiger partial charge is 0.245 e. The molecule has 2 fully saturated rings. The Labute approximate surface area is 137 Å². The SMILES string of the molecule is O=C(CCC1CCCO1)NC1CCN(Cc2ccccc2)C1=O. The number of ether oxygens (including phenoxy) is 1. The van der Waals surface area contributed by atoms with E-state index in [0.29, 0.717) is 25.9 Å². The summed E-state index contributed by atoms with van der Waals surface area (Å²) in [5.41, 5.74) is 1.12. The fourth-order valence-electron chi connectivity index (χ4n) is 3.26. The molecular formula is C18H24N2O3. The second-order valence-corrected chi connectivity index (χ2v) is 6.33. The van der Waals surface area contributed by atoms with E-state index >= 15 is 0 Å². The van der Waals surface area contributed by atoms with Gasteiger partial charge in [0.2, 0.25) is 11.8 Å². The van der Waals surface area contributed by atoms with Gasteiger partial charge in [-0.15, -0.1) is 0 Å². The Morgan fingerprint density at radius 2 is 2.09 bits per heavy atom. The van der Waals surface area contributed by atoms with Crippen molar-refractivity contribution >= 4 is 11.8 Å². The Bertz CT molecular complexity index is 540. The minimum absolute atomic E-state index is 0.0271. The normalized spacial score (nSPS) is 24.2. The third-order valence-corrected chi connectivity index (χ3v) is 4.57. The summed E-state index contributed by atoms with van der Waals surface area (Å²) < 4.78 is 5.52. The van der Waals surface area contributed by atoms with E-state index in [1.807, 2.05) is 35.2 Å². The van der Waals surface area contributed by atoms with Crippen LogP contribution in [-0.4, -0.2) is 42.0 Å². The number of rotatable bonds is 6. The van der Waals surface area contributed by atoms with Gasteiger partial charge in [-0.05, 0) is 31.2 Å². The molecule has 0 aliphatic carbocycles. The van der Waals surface area contributed by atoms with Crippen LogP contribution in [0.3, 0.4) is 0 Å². The number of carbonyl (C=O) groups excluding carboxylic acids is 2. The summed E-state index contributed by atoms with van der Waals surface area (Å²) in [6.45, 7) is 2.12. The number of hydrogen-bond acceptors (Lipinski definition) is 3. The summed E-state index contributed by atoms with van der Waals surface area (Å²) in [5.74, 6) is -0.0141. The molecule has 1 N–H and O–H groups in total. The van der Waals surface area contributed by atoms with Gasteiger partial charge in [-0.3, -0.25) is 9.59 Å². The van der Waals surface area contributed by atoms with Crippen LogP contribution in [0.5, 0.6) is 0 Å². The van der Waals surface area contributed by atoms with E-state index in [-0.39, 0.29) is 24.0 Å². The summed E-state index contributed by atoms with van der Waals surface area (Å²) >= 11 is 0. The van der Waals surface area contributed by atoms with Crippen LogP contribution < -0.4 is 5.32 Å². The lowest BCUT2D eigenvalue weighted by molar-refractivity contribution is -0.133. The fourth-order valence-corrected chi connectivity index (χ4v) is 3.26. The fraction of sp³-hybridized carbons (Fsp3) is 0.556. The number of hydrogen-bond donors (Lipinski definition) is 1. The van der Waals surface area contributed by atoms with Crippen LogP contribution in [0.1, 0.15) is 37.7 Å². The molecule has 2 aliphatic rings. The second-order valence-electron chi connectivity index (χ2n) is 6.33. The highest BCUT2D eigenvalue weighted by atomic mass is 16.5. The standard InChI is InChI=1S/C18H24N2O3/c21-17(9-8-15-7-4-12-23-15)19-16-10-11-20(18(16)22)13-14-5-2-1-3-6-14/h1-3,5-6,15-16H,4,7-13H2,(H,19,21). The van der Waals surface area contributed by atoms with Crippen molar-refractivity contribution in [3.63, 3.8) is 0 Å². The Balaban J connectivity index is 1.44. The molecule has 5 heteroatoms. The third-order valence-electron chi connectivity index (χ3n) is 4.57. The maximum absolute atomic E-state index is 12.4. The molecule has 0 radical (unpaired) electrons. The van der Waals surface area contributed by atoms with Gasteiger partial charge in [0, 0.05) is 26.1 Å². The van der Waals surface area contributed by atoms with Crippen molar-refractivity contribution < 1.29 is 14.3 Å². The average Bonchev–Trinajstić information content (AvgIpc) is 3.19. The zero-order chi connectivity index (χ0) is 16.1. The van der Waals surface area contributed by atoms with Crippen molar-refractivity contribution in [1.82, 2.24) is 10.2 Å². The number of carbonyl (C=O) groups is 2. The number of benzene rings is 1. The molecule has 2 atom stereocenters. The molecule has 2 amide bonds. The maximum atomic E-state index is 12.4. The molecular weight excluding hydrogens is 292 g/mol. The van der Waals surface area contributed by atoms with Crippen LogP contribution in [0.15, 0.2) is 30.3 Å². The summed E-state index contributed by atoms with van der Waals surface area (Å²) in [6, 6.07) is 9.57. The van der Waals surface area contributed by atoms with Gasteiger partial charge < -0.3 is 15.0 Å². The third kappa shape index (κ3) is 4.32. The summed E-state index contributed by atoms with van der Waals surface area (Å²) in [7, 11) is 0. The summed E-state index contributed by atoms with van der Waals surface area (Å²) in [4.78, 5) is 26.2. The highest BCUT2D eigenvalue weighted by molar-refractivity contribution is 5.89. The molecule has 124 valence electrons. The molecule has 23 heavy (non-hydrogen) atoms. The molecule has 0 saturated carbocycles. The molecule has 5 nitrogen and oxygen atoms in total. The predicted octanol–water partition coefficient (Wildman–Crippen LogP) is 1.86. The molecule has 2 unspecified atom stereocenters. The van der Waals surface area contributed by atoms with Crippen LogP contribution in [0.2, 0.25) is 0 Å². The Morgan fingerprint density at radius 3 is 2.83 bits per heavy atom. The van der Waals surface area contributed by atoms with Crippen LogP contribution >= 0.6 is 0 Å². The van der Waals surface area contributed by atoms with Crippen LogP contribution in [0, 0.1) is 0 Å². The molecule has 2 aliphatic heterocycles. The first-order valence-corrected chi connectivity index (χ1v) is 8.46. The van der Waals surface area contributed by atoms with Gasteiger partial charge >= 0.3 is 0 Å². The summed E-state index contributed by atoms with van der Waals surface area (Å²) in [5, 5.41) is 2.88. The molecule has 2 saturated heterocycles. The molecule has 1 aromatic carbocycles. The largest absolute Gasteiger partial charge is 0.378 e. The number of likely N-dealkylation sites (tertiary alicyclic amines) is 1. The van der Waals surface area contributed by atoms with E-state index in [4.69, 9.17) is 4.74 Å². The van der Waals surface area contributed by atoms with Crippen molar-refractivity contribution in [3.8, 4) is 0 Å². The quantitative estimate of drug-likeness (QED) is 0.871.